The van der Waals surface area contributed by atoms with Crippen molar-refractivity contribution in [2.45, 2.75) is 52.6 Å². The van der Waals surface area contributed by atoms with Crippen LogP contribution in [-0.2, 0) is 11.4 Å². The third-order valence-electron chi connectivity index (χ3n) is 5.66. The zero-order chi connectivity index (χ0) is 22.2. The Bertz CT molecular complexity index is 883. The second-order valence-corrected chi connectivity index (χ2v) is 7.84. The van der Waals surface area contributed by atoms with Crippen molar-refractivity contribution in [2.24, 2.45) is 5.92 Å². The molecule has 2 N–H and O–H groups in total. The molecule has 0 unspecified atom stereocenters. The van der Waals surface area contributed by atoms with Gasteiger partial charge in [0.25, 0.3) is 5.91 Å². The summed E-state index contributed by atoms with van der Waals surface area (Å²) in [6, 6.07) is 5.02. The third kappa shape index (κ3) is 5.99. The van der Waals surface area contributed by atoms with E-state index < -0.39 is 0 Å². The average Bonchev–Trinajstić information content (AvgIpc) is 3.12. The molecule has 0 radical (unpaired) electrons. The van der Waals surface area contributed by atoms with Crippen molar-refractivity contribution in [1.29, 1.82) is 0 Å². The van der Waals surface area contributed by atoms with Crippen LogP contribution in [-0.4, -0.2) is 37.2 Å². The summed E-state index contributed by atoms with van der Waals surface area (Å²) in [7, 11) is 1.53. The maximum atomic E-state index is 12.5. The third-order valence-corrected chi connectivity index (χ3v) is 5.66. The van der Waals surface area contributed by atoms with Gasteiger partial charge in [-0.25, -0.2) is 0 Å². The molecule has 0 atom stereocenters. The van der Waals surface area contributed by atoms with Crippen LogP contribution >= 0.6 is 0 Å². The van der Waals surface area contributed by atoms with Crippen LogP contribution in [0.5, 0.6) is 11.5 Å². The van der Waals surface area contributed by atoms with Crippen LogP contribution < -0.4 is 20.1 Å². The molecule has 168 valence electrons. The SMILES string of the molecule is COc1cc(C(=O)NCCNC(=O)C2CCCCC2)ccc1OCc1c(C)noc1C. The topological polar surface area (TPSA) is 103 Å². The summed E-state index contributed by atoms with van der Waals surface area (Å²) in [5.74, 6) is 1.68. The Kier molecular flexibility index (Phi) is 7.92. The first-order valence-electron chi connectivity index (χ1n) is 10.8. The van der Waals surface area contributed by atoms with Crippen LogP contribution in [0.25, 0.3) is 0 Å². The Morgan fingerprint density at radius 2 is 1.84 bits per heavy atom. The minimum atomic E-state index is -0.234. The number of aromatic nitrogens is 1. The summed E-state index contributed by atoms with van der Waals surface area (Å²) in [4.78, 5) is 24.6. The molecule has 3 rings (SSSR count). The number of aryl methyl sites for hydroxylation is 2. The van der Waals surface area contributed by atoms with E-state index in [2.05, 4.69) is 15.8 Å². The Balaban J connectivity index is 1.49. The number of hydrogen-bond donors (Lipinski definition) is 2. The molecule has 1 aromatic carbocycles. The number of benzene rings is 1. The van der Waals surface area contributed by atoms with Gasteiger partial charge in [-0.3, -0.25) is 9.59 Å². The van der Waals surface area contributed by atoms with Crippen molar-refractivity contribution in [3.05, 3.63) is 40.8 Å². The molecule has 8 nitrogen and oxygen atoms in total. The number of nitrogens with one attached hydrogen (secondary N) is 2. The van der Waals surface area contributed by atoms with Crippen molar-refractivity contribution >= 4 is 11.8 Å². The lowest BCUT2D eigenvalue weighted by molar-refractivity contribution is -0.125. The lowest BCUT2D eigenvalue weighted by Gasteiger charge is -2.20. The molecule has 0 saturated heterocycles. The fourth-order valence-electron chi connectivity index (χ4n) is 3.76. The van der Waals surface area contributed by atoms with E-state index in [1.54, 1.807) is 18.2 Å². The van der Waals surface area contributed by atoms with E-state index in [1.807, 2.05) is 13.8 Å². The van der Waals surface area contributed by atoms with Crippen molar-refractivity contribution in [3.8, 4) is 11.5 Å². The van der Waals surface area contributed by atoms with E-state index in [-0.39, 0.29) is 17.7 Å². The Labute approximate surface area is 182 Å². The summed E-state index contributed by atoms with van der Waals surface area (Å²) in [5.41, 5.74) is 2.13. The predicted molar refractivity (Wildman–Crippen MR) is 115 cm³/mol. The number of hydrogen-bond acceptors (Lipinski definition) is 6. The van der Waals surface area contributed by atoms with E-state index in [1.165, 1.54) is 13.5 Å². The largest absolute Gasteiger partial charge is 0.493 e. The predicted octanol–water partition coefficient (Wildman–Crippen LogP) is 3.31. The van der Waals surface area contributed by atoms with Crippen molar-refractivity contribution in [1.82, 2.24) is 15.8 Å². The molecule has 2 aromatic rings. The highest BCUT2D eigenvalue weighted by atomic mass is 16.5. The zero-order valence-corrected chi connectivity index (χ0v) is 18.5. The van der Waals surface area contributed by atoms with Gasteiger partial charge in [0.1, 0.15) is 12.4 Å². The molecule has 1 saturated carbocycles. The molecule has 1 heterocycles. The van der Waals surface area contributed by atoms with E-state index in [0.29, 0.717) is 42.5 Å². The standard InChI is InChI=1S/C23H31N3O5/c1-15-19(16(2)31-26-15)14-30-20-10-9-18(13-21(20)29-3)23(28)25-12-11-24-22(27)17-7-5-4-6-8-17/h9-10,13,17H,4-8,11-12,14H2,1-3H3,(H,24,27)(H,25,28). The van der Waals surface area contributed by atoms with Gasteiger partial charge in [0.05, 0.1) is 18.4 Å². The molecule has 1 aromatic heterocycles. The summed E-state index contributed by atoms with van der Waals surface area (Å²) >= 11 is 0. The molecular formula is C23H31N3O5. The molecule has 31 heavy (non-hydrogen) atoms. The molecule has 0 aliphatic heterocycles. The van der Waals surface area contributed by atoms with Gasteiger partial charge in [-0.15, -0.1) is 0 Å². The number of amides is 2. The molecule has 2 amide bonds. The van der Waals surface area contributed by atoms with E-state index >= 15 is 0 Å². The first-order valence-corrected chi connectivity index (χ1v) is 10.8. The van der Waals surface area contributed by atoms with Crippen molar-refractivity contribution in [2.75, 3.05) is 20.2 Å². The van der Waals surface area contributed by atoms with Gasteiger partial charge >= 0.3 is 0 Å². The summed E-state index contributed by atoms with van der Waals surface area (Å²) in [6.45, 7) is 4.77. The molecule has 1 aliphatic carbocycles. The Morgan fingerprint density at radius 3 is 2.52 bits per heavy atom. The molecule has 0 bridgehead atoms. The van der Waals surface area contributed by atoms with Gasteiger partial charge in [-0.1, -0.05) is 24.4 Å². The number of rotatable bonds is 9. The fraction of sp³-hybridized carbons (Fsp3) is 0.522. The second-order valence-electron chi connectivity index (χ2n) is 7.84. The lowest BCUT2D eigenvalue weighted by Crippen LogP contribution is -2.38. The van der Waals surface area contributed by atoms with Gasteiger partial charge < -0.3 is 24.6 Å². The van der Waals surface area contributed by atoms with Crippen LogP contribution in [0.1, 0.15) is 59.5 Å². The number of carbonyl (C=O) groups is 2. The van der Waals surface area contributed by atoms with Gasteiger partial charge in [-0.05, 0) is 44.9 Å². The van der Waals surface area contributed by atoms with Gasteiger partial charge in [0.15, 0.2) is 11.5 Å². The van der Waals surface area contributed by atoms with Crippen LogP contribution in [0, 0.1) is 19.8 Å². The summed E-state index contributed by atoms with van der Waals surface area (Å²) in [5, 5.41) is 9.66. The quantitative estimate of drug-likeness (QED) is 0.593. The van der Waals surface area contributed by atoms with Crippen molar-refractivity contribution in [3.63, 3.8) is 0 Å². The zero-order valence-electron chi connectivity index (χ0n) is 18.5. The lowest BCUT2D eigenvalue weighted by atomic mass is 9.89. The van der Waals surface area contributed by atoms with Gasteiger partial charge in [-0.2, -0.15) is 0 Å². The molecule has 1 aliphatic rings. The maximum absolute atomic E-state index is 12.5. The molecule has 1 fully saturated rings. The fourth-order valence-corrected chi connectivity index (χ4v) is 3.76. The highest BCUT2D eigenvalue weighted by Gasteiger charge is 2.20. The van der Waals surface area contributed by atoms with Gasteiger partial charge in [0.2, 0.25) is 5.91 Å². The molecule has 0 spiro atoms. The minimum Gasteiger partial charge on any atom is -0.493 e. The number of carbonyl (C=O) groups excluding carboxylic acids is 2. The maximum Gasteiger partial charge on any atom is 0.251 e. The van der Waals surface area contributed by atoms with E-state index in [9.17, 15) is 9.59 Å². The van der Waals surface area contributed by atoms with Crippen LogP contribution in [0.15, 0.2) is 22.7 Å². The highest BCUT2D eigenvalue weighted by molar-refractivity contribution is 5.94. The van der Waals surface area contributed by atoms with Crippen molar-refractivity contribution < 1.29 is 23.6 Å². The van der Waals surface area contributed by atoms with Crippen LogP contribution in [0.4, 0.5) is 0 Å². The first-order chi connectivity index (χ1) is 15.0. The average molecular weight is 430 g/mol. The second kappa shape index (κ2) is 10.8. The smallest absolute Gasteiger partial charge is 0.251 e. The van der Waals surface area contributed by atoms with E-state index in [0.717, 1.165) is 36.9 Å². The van der Waals surface area contributed by atoms with E-state index in [4.69, 9.17) is 14.0 Å². The monoisotopic (exact) mass is 429 g/mol. The van der Waals surface area contributed by atoms with Crippen LogP contribution in [0.2, 0.25) is 0 Å². The normalized spacial score (nSPS) is 14.2. The first kappa shape index (κ1) is 22.7. The molecular weight excluding hydrogens is 398 g/mol. The molecule has 8 heteroatoms. The van der Waals surface area contributed by atoms with Crippen LogP contribution in [0.3, 0.4) is 0 Å². The number of nitrogens with zero attached hydrogens (tertiary/aromatic N) is 1. The Hall–Kier alpha value is -3.03. The summed E-state index contributed by atoms with van der Waals surface area (Å²) < 4.78 is 16.4. The van der Waals surface area contributed by atoms with Gasteiger partial charge in [0, 0.05) is 24.6 Å². The highest BCUT2D eigenvalue weighted by Crippen LogP contribution is 2.29. The summed E-state index contributed by atoms with van der Waals surface area (Å²) in [6.07, 6.45) is 5.38. The minimum absolute atomic E-state index is 0.0930. The number of ether oxygens (including phenoxy) is 2. The Morgan fingerprint density at radius 1 is 1.10 bits per heavy atom. The number of methoxy groups -OCH3 is 1.